The summed E-state index contributed by atoms with van der Waals surface area (Å²) in [6.07, 6.45) is 3.90. The molecule has 0 aliphatic rings. The summed E-state index contributed by atoms with van der Waals surface area (Å²) < 4.78 is 11.5. The first kappa shape index (κ1) is 21.8. The van der Waals surface area contributed by atoms with Gasteiger partial charge >= 0.3 is 0 Å². The second-order valence-corrected chi connectivity index (χ2v) is 6.36. The van der Waals surface area contributed by atoms with E-state index in [4.69, 9.17) is 9.47 Å². The summed E-state index contributed by atoms with van der Waals surface area (Å²) in [5, 5.41) is 12.3. The molecule has 0 unspecified atom stereocenters. The molecule has 150 valence electrons. The summed E-state index contributed by atoms with van der Waals surface area (Å²) in [6, 6.07) is 13.0. The van der Waals surface area contributed by atoms with Gasteiger partial charge in [0.1, 0.15) is 11.6 Å². The smallest absolute Gasteiger partial charge is 0.266 e. The highest BCUT2D eigenvalue weighted by Gasteiger charge is 2.15. The second-order valence-electron chi connectivity index (χ2n) is 6.36. The minimum absolute atomic E-state index is 0.00161. The summed E-state index contributed by atoms with van der Waals surface area (Å²) in [7, 11) is 0. The van der Waals surface area contributed by atoms with Crippen LogP contribution in [-0.2, 0) is 11.2 Å². The van der Waals surface area contributed by atoms with Crippen molar-refractivity contribution in [1.82, 2.24) is 0 Å². The van der Waals surface area contributed by atoms with Crippen LogP contribution in [-0.4, -0.2) is 19.1 Å². The van der Waals surface area contributed by atoms with E-state index in [0.717, 1.165) is 11.1 Å². The van der Waals surface area contributed by atoms with Crippen molar-refractivity contribution in [3.63, 3.8) is 0 Å². The van der Waals surface area contributed by atoms with Crippen molar-refractivity contribution in [1.29, 1.82) is 5.26 Å². The Morgan fingerprint density at radius 3 is 2.45 bits per heavy atom. The van der Waals surface area contributed by atoms with Crippen molar-refractivity contribution >= 4 is 17.7 Å². The molecule has 0 saturated heterocycles. The molecule has 0 fully saturated rings. The zero-order valence-electron chi connectivity index (χ0n) is 17.1. The molecule has 0 saturated carbocycles. The van der Waals surface area contributed by atoms with Gasteiger partial charge in [0.2, 0.25) is 0 Å². The van der Waals surface area contributed by atoms with Crippen LogP contribution in [0.15, 0.2) is 54.6 Å². The van der Waals surface area contributed by atoms with Crippen LogP contribution in [0.1, 0.15) is 30.5 Å². The number of nitrogens with zero attached hydrogens (tertiary/aromatic N) is 1. The molecule has 0 spiro atoms. The van der Waals surface area contributed by atoms with Crippen LogP contribution in [0.4, 0.5) is 5.69 Å². The highest BCUT2D eigenvalue weighted by Crippen LogP contribution is 2.34. The number of anilines is 1. The van der Waals surface area contributed by atoms with Crippen LogP contribution in [0, 0.1) is 18.3 Å². The molecule has 0 bridgehead atoms. The lowest BCUT2D eigenvalue weighted by Gasteiger charge is -2.16. The third kappa shape index (κ3) is 5.98. The third-order valence-electron chi connectivity index (χ3n) is 4.09. The molecular weight excluding hydrogens is 364 g/mol. The molecule has 0 aliphatic heterocycles. The van der Waals surface area contributed by atoms with E-state index in [0.29, 0.717) is 42.4 Å². The maximum atomic E-state index is 12.5. The van der Waals surface area contributed by atoms with Gasteiger partial charge in [0, 0.05) is 11.3 Å². The van der Waals surface area contributed by atoms with E-state index in [1.54, 1.807) is 30.4 Å². The van der Waals surface area contributed by atoms with Gasteiger partial charge < -0.3 is 14.8 Å². The molecular formula is C24H26N2O3. The van der Waals surface area contributed by atoms with Gasteiger partial charge in [0.05, 0.1) is 13.2 Å². The molecule has 1 amide bonds. The molecule has 0 radical (unpaired) electrons. The monoisotopic (exact) mass is 390 g/mol. The van der Waals surface area contributed by atoms with Crippen molar-refractivity contribution in [3.05, 3.63) is 71.3 Å². The lowest BCUT2D eigenvalue weighted by Crippen LogP contribution is -2.13. The molecule has 0 atom stereocenters. The topological polar surface area (TPSA) is 71.4 Å². The number of allylic oxidation sites excluding steroid dienone is 1. The summed E-state index contributed by atoms with van der Waals surface area (Å²) in [5.74, 6) is 0.777. The Hall–Kier alpha value is -3.52. The van der Waals surface area contributed by atoms with Gasteiger partial charge in [0.15, 0.2) is 11.5 Å². The summed E-state index contributed by atoms with van der Waals surface area (Å²) >= 11 is 0. The van der Waals surface area contributed by atoms with Crippen molar-refractivity contribution in [2.24, 2.45) is 0 Å². The summed E-state index contributed by atoms with van der Waals surface area (Å²) in [6.45, 7) is 10.5. The molecule has 1 N–H and O–H groups in total. The number of carbonyl (C=O) groups excluding carboxylic acids is 1. The van der Waals surface area contributed by atoms with E-state index < -0.39 is 5.91 Å². The Bertz CT molecular complexity index is 938. The highest BCUT2D eigenvalue weighted by molar-refractivity contribution is 6.09. The quantitative estimate of drug-likeness (QED) is 0.369. The summed E-state index contributed by atoms with van der Waals surface area (Å²) in [4.78, 5) is 12.5. The Morgan fingerprint density at radius 2 is 1.86 bits per heavy atom. The number of aryl methyl sites for hydroxylation is 1. The SMILES string of the molecule is C=CCc1cc(/C=C(/C#N)C(=O)Nc2ccc(C)cc2)cc(OCC)c1OCC. The van der Waals surface area contributed by atoms with Gasteiger partial charge in [-0.05, 0) is 63.1 Å². The Balaban J connectivity index is 2.40. The van der Waals surface area contributed by atoms with E-state index in [1.807, 2.05) is 45.0 Å². The number of amides is 1. The number of carbonyl (C=O) groups is 1. The van der Waals surface area contributed by atoms with Crippen molar-refractivity contribution in [2.75, 3.05) is 18.5 Å². The number of nitrogens with one attached hydrogen (secondary N) is 1. The van der Waals surface area contributed by atoms with Crippen LogP contribution in [0.5, 0.6) is 11.5 Å². The predicted octanol–water partition coefficient (Wildman–Crippen LogP) is 5.07. The van der Waals surface area contributed by atoms with E-state index in [2.05, 4.69) is 11.9 Å². The van der Waals surface area contributed by atoms with Crippen LogP contribution < -0.4 is 14.8 Å². The van der Waals surface area contributed by atoms with E-state index in [-0.39, 0.29) is 5.57 Å². The fraction of sp³-hybridized carbons (Fsp3) is 0.250. The van der Waals surface area contributed by atoms with Crippen LogP contribution in [0.3, 0.4) is 0 Å². The molecule has 29 heavy (non-hydrogen) atoms. The highest BCUT2D eigenvalue weighted by atomic mass is 16.5. The first-order valence-electron chi connectivity index (χ1n) is 9.55. The molecule has 0 aromatic heterocycles. The molecule has 5 heteroatoms. The standard InChI is InChI=1S/C24H26N2O3/c1-5-8-19-13-18(15-22(28-6-2)23(19)29-7-3)14-20(16-25)24(27)26-21-11-9-17(4)10-12-21/h5,9-15H,1,6-8H2,2-4H3,(H,26,27)/b20-14-. The van der Waals surface area contributed by atoms with Crippen LogP contribution >= 0.6 is 0 Å². The number of hydrogen-bond donors (Lipinski definition) is 1. The Morgan fingerprint density at radius 1 is 1.17 bits per heavy atom. The zero-order valence-corrected chi connectivity index (χ0v) is 17.1. The first-order valence-corrected chi connectivity index (χ1v) is 9.55. The van der Waals surface area contributed by atoms with Crippen LogP contribution in [0.25, 0.3) is 6.08 Å². The van der Waals surface area contributed by atoms with E-state index in [1.165, 1.54) is 0 Å². The van der Waals surface area contributed by atoms with Gasteiger partial charge in [-0.2, -0.15) is 5.26 Å². The molecule has 5 nitrogen and oxygen atoms in total. The molecule has 0 aliphatic carbocycles. The largest absolute Gasteiger partial charge is 0.490 e. The van der Waals surface area contributed by atoms with Gasteiger partial charge in [-0.25, -0.2) is 0 Å². The first-order chi connectivity index (χ1) is 14.0. The summed E-state index contributed by atoms with van der Waals surface area (Å²) in [5.41, 5.74) is 3.30. The third-order valence-corrected chi connectivity index (χ3v) is 4.09. The molecule has 2 aromatic rings. The number of benzene rings is 2. The lowest BCUT2D eigenvalue weighted by atomic mass is 10.0. The molecule has 2 rings (SSSR count). The Labute approximate surface area is 172 Å². The average Bonchev–Trinajstić information content (AvgIpc) is 2.70. The van der Waals surface area contributed by atoms with Gasteiger partial charge in [-0.15, -0.1) is 6.58 Å². The van der Waals surface area contributed by atoms with Crippen molar-refractivity contribution in [3.8, 4) is 17.6 Å². The van der Waals surface area contributed by atoms with E-state index in [9.17, 15) is 10.1 Å². The van der Waals surface area contributed by atoms with Gasteiger partial charge in [-0.3, -0.25) is 4.79 Å². The number of ether oxygens (including phenoxy) is 2. The minimum Gasteiger partial charge on any atom is -0.490 e. The predicted molar refractivity (Wildman–Crippen MR) is 116 cm³/mol. The normalized spacial score (nSPS) is 10.8. The maximum Gasteiger partial charge on any atom is 0.266 e. The fourth-order valence-corrected chi connectivity index (χ4v) is 2.80. The fourth-order valence-electron chi connectivity index (χ4n) is 2.80. The second kappa shape index (κ2) is 10.7. The number of nitriles is 1. The van der Waals surface area contributed by atoms with Crippen LogP contribution in [0.2, 0.25) is 0 Å². The average molecular weight is 390 g/mol. The number of hydrogen-bond acceptors (Lipinski definition) is 4. The van der Waals surface area contributed by atoms with E-state index >= 15 is 0 Å². The van der Waals surface area contributed by atoms with Gasteiger partial charge in [-0.1, -0.05) is 23.8 Å². The lowest BCUT2D eigenvalue weighted by molar-refractivity contribution is -0.112. The maximum absolute atomic E-state index is 12.5. The molecule has 2 aromatic carbocycles. The molecule has 0 heterocycles. The zero-order chi connectivity index (χ0) is 21.2. The number of rotatable bonds is 9. The van der Waals surface area contributed by atoms with Gasteiger partial charge in [0.25, 0.3) is 5.91 Å². The minimum atomic E-state index is -0.464. The van der Waals surface area contributed by atoms with Crippen molar-refractivity contribution in [2.45, 2.75) is 27.2 Å². The Kier molecular flexibility index (Phi) is 8.05. The van der Waals surface area contributed by atoms with Crippen molar-refractivity contribution < 1.29 is 14.3 Å².